The molecule has 0 aliphatic heterocycles. The number of hydrogen-bond acceptors (Lipinski definition) is 5. The molecular formula is C16H14ClN5O2. The molecule has 8 heteroatoms. The van der Waals surface area contributed by atoms with Gasteiger partial charge in [0, 0.05) is 32.1 Å². The summed E-state index contributed by atoms with van der Waals surface area (Å²) in [7, 11) is 3.45. The molecule has 0 aliphatic rings. The van der Waals surface area contributed by atoms with Crippen molar-refractivity contribution < 1.29 is 4.79 Å². The third kappa shape index (κ3) is 2.59. The van der Waals surface area contributed by atoms with Crippen molar-refractivity contribution in [2.75, 3.05) is 11.9 Å². The molecule has 0 fully saturated rings. The molecule has 0 unspecified atom stereocenters. The number of hydrogen-bond donors (Lipinski definition) is 1. The smallest absolute Gasteiger partial charge is 0.288 e. The number of carbonyl (C=O) groups is 1. The van der Waals surface area contributed by atoms with Crippen LogP contribution in [0.25, 0.3) is 10.8 Å². The molecule has 1 aromatic carbocycles. The fourth-order valence-corrected chi connectivity index (χ4v) is 2.67. The van der Waals surface area contributed by atoms with Crippen molar-refractivity contribution >= 4 is 39.8 Å². The lowest BCUT2D eigenvalue weighted by Crippen LogP contribution is -2.23. The van der Waals surface area contributed by atoms with Crippen molar-refractivity contribution in [1.82, 2.24) is 19.6 Å². The predicted molar refractivity (Wildman–Crippen MR) is 92.6 cm³/mol. The first-order valence-corrected chi connectivity index (χ1v) is 7.47. The lowest BCUT2D eigenvalue weighted by molar-refractivity contribution is 0.0976. The molecular weight excluding hydrogens is 330 g/mol. The van der Waals surface area contributed by atoms with E-state index in [1.165, 1.54) is 10.8 Å². The van der Waals surface area contributed by atoms with Gasteiger partial charge in [-0.25, -0.2) is 0 Å². The number of halogens is 1. The van der Waals surface area contributed by atoms with Crippen LogP contribution in [0.1, 0.15) is 10.5 Å². The number of pyridine rings is 1. The summed E-state index contributed by atoms with van der Waals surface area (Å²) in [6, 6.07) is 9.04. The van der Waals surface area contributed by atoms with Crippen LogP contribution in [-0.2, 0) is 7.05 Å². The molecule has 1 amide bonds. The third-order valence-electron chi connectivity index (χ3n) is 3.81. The Morgan fingerprint density at radius 2 is 2.04 bits per heavy atom. The Balaban J connectivity index is 2.24. The number of amides is 1. The Kier molecular flexibility index (Phi) is 4.18. The number of nitrogens with zero attached hydrogens (tertiary/aromatic N) is 4. The first kappa shape index (κ1) is 15.9. The maximum Gasteiger partial charge on any atom is 0.288 e. The highest BCUT2D eigenvalue weighted by Gasteiger charge is 2.19. The molecule has 0 bridgehead atoms. The molecule has 7 nitrogen and oxygen atoms in total. The second-order valence-electron chi connectivity index (χ2n) is 5.22. The van der Waals surface area contributed by atoms with Crippen molar-refractivity contribution in [2.24, 2.45) is 7.05 Å². The first-order valence-electron chi connectivity index (χ1n) is 7.09. The van der Waals surface area contributed by atoms with Gasteiger partial charge in [-0.05, 0) is 23.6 Å². The predicted octanol–water partition coefficient (Wildman–Crippen LogP) is 1.98. The monoisotopic (exact) mass is 343 g/mol. The zero-order valence-corrected chi connectivity index (χ0v) is 13.8. The lowest BCUT2D eigenvalue weighted by Gasteiger charge is -2.22. The highest BCUT2D eigenvalue weighted by molar-refractivity contribution is 6.24. The van der Waals surface area contributed by atoms with Gasteiger partial charge in [-0.15, -0.1) is 5.10 Å². The average Bonchev–Trinajstić information content (AvgIpc) is 2.63. The van der Waals surface area contributed by atoms with E-state index >= 15 is 0 Å². The standard InChI is InChI=1S/C16H14ClN5O2/c1-21-9-7-10-4-3-5-11(13(10)16(21)24)22(2)12-6-8-18-20-14(12)15(23)19-17/h3-9H,1-2H3,(H,19,23). The Labute approximate surface area is 142 Å². The van der Waals surface area contributed by atoms with E-state index in [2.05, 4.69) is 10.2 Å². The second-order valence-corrected chi connectivity index (χ2v) is 5.41. The minimum atomic E-state index is -0.570. The van der Waals surface area contributed by atoms with Gasteiger partial charge in [-0.3, -0.25) is 14.4 Å². The molecule has 2 aromatic heterocycles. The summed E-state index contributed by atoms with van der Waals surface area (Å²) in [5.41, 5.74) is 1.09. The van der Waals surface area contributed by atoms with Crippen molar-refractivity contribution in [3.05, 3.63) is 58.8 Å². The van der Waals surface area contributed by atoms with E-state index in [0.29, 0.717) is 16.8 Å². The van der Waals surface area contributed by atoms with Gasteiger partial charge in [-0.1, -0.05) is 12.1 Å². The van der Waals surface area contributed by atoms with Gasteiger partial charge < -0.3 is 9.47 Å². The quantitative estimate of drug-likeness (QED) is 0.735. The highest BCUT2D eigenvalue weighted by atomic mass is 35.5. The molecule has 0 aliphatic carbocycles. The SMILES string of the molecule is CN(c1ccnnc1C(=O)NCl)c1cccc2ccn(C)c(=O)c12. The molecule has 0 saturated heterocycles. The Hall–Kier alpha value is -2.93. The van der Waals surface area contributed by atoms with Crippen LogP contribution in [0.4, 0.5) is 11.4 Å². The number of carbonyl (C=O) groups excluding carboxylic acids is 1. The number of anilines is 2. The lowest BCUT2D eigenvalue weighted by atomic mass is 10.1. The van der Waals surface area contributed by atoms with Gasteiger partial charge in [0.1, 0.15) is 0 Å². The Morgan fingerprint density at radius 1 is 1.25 bits per heavy atom. The second kappa shape index (κ2) is 6.29. The molecule has 122 valence electrons. The molecule has 0 saturated carbocycles. The third-order valence-corrected chi connectivity index (χ3v) is 3.98. The summed E-state index contributed by atoms with van der Waals surface area (Å²) >= 11 is 5.41. The molecule has 0 spiro atoms. The number of benzene rings is 1. The van der Waals surface area contributed by atoms with Gasteiger partial charge in [0.05, 0.1) is 23.0 Å². The van der Waals surface area contributed by atoms with Gasteiger partial charge in [0.2, 0.25) is 0 Å². The zero-order valence-electron chi connectivity index (χ0n) is 13.0. The number of nitrogens with one attached hydrogen (secondary N) is 1. The van der Waals surface area contributed by atoms with Crippen LogP contribution in [0.15, 0.2) is 47.5 Å². The van der Waals surface area contributed by atoms with Crippen molar-refractivity contribution in [2.45, 2.75) is 0 Å². The Morgan fingerprint density at radius 3 is 2.79 bits per heavy atom. The van der Waals surface area contributed by atoms with Crippen LogP contribution >= 0.6 is 11.8 Å². The molecule has 24 heavy (non-hydrogen) atoms. The summed E-state index contributed by atoms with van der Waals surface area (Å²) in [4.78, 5) is 28.2. The maximum atomic E-state index is 12.6. The molecule has 2 heterocycles. The Bertz CT molecular complexity index is 986. The number of fused-ring (bicyclic) bond motifs is 1. The molecule has 1 N–H and O–H groups in total. The summed E-state index contributed by atoms with van der Waals surface area (Å²) in [6.45, 7) is 0. The number of aryl methyl sites for hydroxylation is 1. The minimum Gasteiger partial charge on any atom is -0.342 e. The van der Waals surface area contributed by atoms with E-state index in [1.54, 1.807) is 31.3 Å². The molecule has 3 aromatic rings. The van der Waals surface area contributed by atoms with Gasteiger partial charge in [0.25, 0.3) is 11.5 Å². The van der Waals surface area contributed by atoms with Crippen molar-refractivity contribution in [3.63, 3.8) is 0 Å². The van der Waals surface area contributed by atoms with Crippen LogP contribution < -0.4 is 15.3 Å². The van der Waals surface area contributed by atoms with Crippen LogP contribution in [0.3, 0.4) is 0 Å². The summed E-state index contributed by atoms with van der Waals surface area (Å²) in [5, 5.41) is 8.93. The van der Waals surface area contributed by atoms with E-state index in [-0.39, 0.29) is 11.3 Å². The summed E-state index contributed by atoms with van der Waals surface area (Å²) < 4.78 is 1.51. The first-order chi connectivity index (χ1) is 11.5. The molecule has 0 radical (unpaired) electrons. The zero-order chi connectivity index (χ0) is 17.3. The summed E-state index contributed by atoms with van der Waals surface area (Å²) in [5.74, 6) is -0.570. The van der Waals surface area contributed by atoms with E-state index in [1.807, 2.05) is 29.1 Å². The fraction of sp³-hybridized carbons (Fsp3) is 0.125. The van der Waals surface area contributed by atoms with Crippen LogP contribution in [0.2, 0.25) is 0 Å². The number of aromatic nitrogens is 3. The fourth-order valence-electron chi connectivity index (χ4n) is 2.58. The van der Waals surface area contributed by atoms with Gasteiger partial charge in [0.15, 0.2) is 5.69 Å². The molecule has 0 atom stereocenters. The maximum absolute atomic E-state index is 12.6. The van der Waals surface area contributed by atoms with E-state index in [0.717, 1.165) is 5.39 Å². The van der Waals surface area contributed by atoms with Crippen LogP contribution in [-0.4, -0.2) is 27.7 Å². The largest absolute Gasteiger partial charge is 0.342 e. The van der Waals surface area contributed by atoms with Crippen molar-refractivity contribution in [1.29, 1.82) is 0 Å². The van der Waals surface area contributed by atoms with Crippen molar-refractivity contribution in [3.8, 4) is 0 Å². The average molecular weight is 344 g/mol. The van der Waals surface area contributed by atoms with E-state index in [4.69, 9.17) is 11.8 Å². The normalized spacial score (nSPS) is 10.6. The van der Waals surface area contributed by atoms with E-state index in [9.17, 15) is 9.59 Å². The minimum absolute atomic E-state index is 0.0692. The van der Waals surface area contributed by atoms with Gasteiger partial charge >= 0.3 is 0 Å². The number of rotatable bonds is 3. The summed E-state index contributed by atoms with van der Waals surface area (Å²) in [6.07, 6.45) is 3.19. The van der Waals surface area contributed by atoms with Crippen LogP contribution in [0.5, 0.6) is 0 Å². The highest BCUT2D eigenvalue weighted by Crippen LogP contribution is 2.30. The molecule has 3 rings (SSSR count). The van der Waals surface area contributed by atoms with Crippen LogP contribution in [0, 0.1) is 0 Å². The topological polar surface area (TPSA) is 80.1 Å². The van der Waals surface area contributed by atoms with E-state index < -0.39 is 5.91 Å². The van der Waals surface area contributed by atoms with Gasteiger partial charge in [-0.2, -0.15) is 5.10 Å².